The van der Waals surface area contributed by atoms with Gasteiger partial charge in [0.2, 0.25) is 5.78 Å². The van der Waals surface area contributed by atoms with Gasteiger partial charge in [0.25, 0.3) is 0 Å². The van der Waals surface area contributed by atoms with E-state index >= 15 is 0 Å². The van der Waals surface area contributed by atoms with E-state index in [9.17, 15) is 9.18 Å². The Labute approximate surface area is 141 Å². The maximum Gasteiger partial charge on any atom is 0.206 e. The zero-order valence-corrected chi connectivity index (χ0v) is 13.6. The van der Waals surface area contributed by atoms with Crippen molar-refractivity contribution in [2.45, 2.75) is 0 Å². The van der Waals surface area contributed by atoms with Gasteiger partial charge in [-0.05, 0) is 48.5 Å². The summed E-state index contributed by atoms with van der Waals surface area (Å²) in [4.78, 5) is 17.1. The van der Waals surface area contributed by atoms with Crippen LogP contribution in [0.15, 0.2) is 48.5 Å². The third kappa shape index (κ3) is 3.36. The molecule has 5 nitrogen and oxygen atoms in total. The predicted octanol–water partition coefficient (Wildman–Crippen LogP) is 3.85. The quantitative estimate of drug-likeness (QED) is 0.688. The van der Waals surface area contributed by atoms with Crippen molar-refractivity contribution >= 4 is 33.8 Å². The number of nitrogen functional groups attached to an aromatic ring is 1. The molecular weight excluding hydrogens is 329 g/mol. The number of methoxy groups -OCH3 is 1. The zero-order chi connectivity index (χ0) is 17.1. The topological polar surface area (TPSA) is 77.2 Å². The second kappa shape index (κ2) is 6.67. The molecule has 0 aliphatic carbocycles. The third-order valence-electron chi connectivity index (χ3n) is 3.31. The van der Waals surface area contributed by atoms with Crippen LogP contribution in [-0.2, 0) is 0 Å². The summed E-state index contributed by atoms with van der Waals surface area (Å²) in [7, 11) is 1.56. The molecule has 0 aliphatic rings. The first-order valence-corrected chi connectivity index (χ1v) is 7.86. The fourth-order valence-electron chi connectivity index (χ4n) is 2.08. The highest BCUT2D eigenvalue weighted by molar-refractivity contribution is 7.18. The van der Waals surface area contributed by atoms with Gasteiger partial charge in [0, 0.05) is 11.3 Å². The third-order valence-corrected chi connectivity index (χ3v) is 4.29. The van der Waals surface area contributed by atoms with E-state index in [-0.39, 0.29) is 17.4 Å². The van der Waals surface area contributed by atoms with E-state index in [0.717, 1.165) is 11.3 Å². The lowest BCUT2D eigenvalue weighted by atomic mass is 10.1. The van der Waals surface area contributed by atoms with Crippen LogP contribution < -0.4 is 15.8 Å². The second-order valence-electron chi connectivity index (χ2n) is 4.92. The number of rotatable bonds is 5. The number of halogens is 1. The molecule has 7 heteroatoms. The van der Waals surface area contributed by atoms with Crippen LogP contribution in [-0.4, -0.2) is 17.9 Å². The van der Waals surface area contributed by atoms with E-state index in [1.807, 2.05) is 0 Å². The molecule has 24 heavy (non-hydrogen) atoms. The highest BCUT2D eigenvalue weighted by Gasteiger charge is 2.18. The molecule has 122 valence electrons. The van der Waals surface area contributed by atoms with Crippen LogP contribution in [0.25, 0.3) is 0 Å². The van der Waals surface area contributed by atoms with E-state index in [1.54, 1.807) is 43.5 Å². The van der Waals surface area contributed by atoms with Crippen LogP contribution in [0.5, 0.6) is 5.75 Å². The standard InChI is InChI=1S/C17H14FN3O2S/c1-23-13-8-2-10(3-9-13)14(22)15-16(19)21-17(24-15)20-12-6-4-11(18)5-7-12/h2-9H,19H2,1H3,(H,20,21). The van der Waals surface area contributed by atoms with Crippen LogP contribution in [0.4, 0.5) is 21.0 Å². The SMILES string of the molecule is COc1ccc(C(=O)c2sc(Nc3ccc(F)cc3)nc2N)cc1. The van der Waals surface area contributed by atoms with Gasteiger partial charge in [0.1, 0.15) is 22.3 Å². The Balaban J connectivity index is 1.82. The number of anilines is 3. The second-order valence-corrected chi connectivity index (χ2v) is 5.92. The summed E-state index contributed by atoms with van der Waals surface area (Å²) in [5.74, 6) is 0.294. The number of ketones is 1. The Hall–Kier alpha value is -2.93. The summed E-state index contributed by atoms with van der Waals surface area (Å²) in [5, 5.41) is 3.47. The average molecular weight is 343 g/mol. The Kier molecular flexibility index (Phi) is 4.43. The molecule has 0 unspecified atom stereocenters. The Bertz CT molecular complexity index is 861. The maximum absolute atomic E-state index is 12.9. The van der Waals surface area contributed by atoms with Crippen molar-refractivity contribution in [3.8, 4) is 5.75 Å². The average Bonchev–Trinajstić information content (AvgIpc) is 2.96. The van der Waals surface area contributed by atoms with Crippen molar-refractivity contribution in [3.63, 3.8) is 0 Å². The molecule has 0 atom stereocenters. The van der Waals surface area contributed by atoms with Gasteiger partial charge in [-0.25, -0.2) is 9.37 Å². The number of hydrogen-bond donors (Lipinski definition) is 2. The van der Waals surface area contributed by atoms with Crippen molar-refractivity contribution in [2.24, 2.45) is 0 Å². The number of nitrogens with zero attached hydrogens (tertiary/aromatic N) is 1. The number of hydrogen-bond acceptors (Lipinski definition) is 6. The number of ether oxygens (including phenoxy) is 1. The molecule has 3 aromatic rings. The van der Waals surface area contributed by atoms with E-state index in [0.29, 0.717) is 27.0 Å². The molecule has 1 heterocycles. The first-order valence-electron chi connectivity index (χ1n) is 7.04. The van der Waals surface area contributed by atoms with E-state index in [4.69, 9.17) is 10.5 Å². The molecule has 0 saturated carbocycles. The van der Waals surface area contributed by atoms with E-state index in [1.165, 1.54) is 12.1 Å². The molecule has 2 aromatic carbocycles. The Morgan fingerprint density at radius 2 is 1.83 bits per heavy atom. The van der Waals surface area contributed by atoms with Crippen LogP contribution >= 0.6 is 11.3 Å². The molecule has 0 radical (unpaired) electrons. The summed E-state index contributed by atoms with van der Waals surface area (Å²) in [6.07, 6.45) is 0. The lowest BCUT2D eigenvalue weighted by Gasteiger charge is -2.02. The van der Waals surface area contributed by atoms with Gasteiger partial charge in [-0.15, -0.1) is 0 Å². The van der Waals surface area contributed by atoms with Gasteiger partial charge in [-0.3, -0.25) is 4.79 Å². The molecule has 0 spiro atoms. The number of benzene rings is 2. The highest BCUT2D eigenvalue weighted by Crippen LogP contribution is 2.30. The normalized spacial score (nSPS) is 10.4. The summed E-state index contributed by atoms with van der Waals surface area (Å²) in [5.41, 5.74) is 7.03. The lowest BCUT2D eigenvalue weighted by Crippen LogP contribution is -2.02. The van der Waals surface area contributed by atoms with Crippen molar-refractivity contribution < 1.29 is 13.9 Å². The summed E-state index contributed by atoms with van der Waals surface area (Å²) in [6.45, 7) is 0. The van der Waals surface area contributed by atoms with Gasteiger partial charge < -0.3 is 15.8 Å². The molecule has 1 aromatic heterocycles. The van der Waals surface area contributed by atoms with Crippen LogP contribution in [0.3, 0.4) is 0 Å². The number of carbonyl (C=O) groups is 1. The van der Waals surface area contributed by atoms with Gasteiger partial charge in [0.15, 0.2) is 5.13 Å². The van der Waals surface area contributed by atoms with Gasteiger partial charge in [-0.1, -0.05) is 11.3 Å². The first-order chi connectivity index (χ1) is 11.6. The smallest absolute Gasteiger partial charge is 0.206 e. The number of aromatic nitrogens is 1. The van der Waals surface area contributed by atoms with Gasteiger partial charge in [0.05, 0.1) is 7.11 Å². The Morgan fingerprint density at radius 3 is 2.46 bits per heavy atom. The lowest BCUT2D eigenvalue weighted by molar-refractivity contribution is 0.104. The first kappa shape index (κ1) is 15.9. The minimum absolute atomic E-state index is 0.158. The fourth-order valence-corrected chi connectivity index (χ4v) is 2.95. The maximum atomic E-state index is 12.9. The summed E-state index contributed by atoms with van der Waals surface area (Å²) >= 11 is 1.15. The van der Waals surface area contributed by atoms with E-state index < -0.39 is 0 Å². The molecular formula is C17H14FN3O2S. The number of thiazole rings is 1. The van der Waals surface area contributed by atoms with Crippen molar-refractivity contribution in [3.05, 3.63) is 64.8 Å². The fraction of sp³-hybridized carbons (Fsp3) is 0.0588. The van der Waals surface area contributed by atoms with Crippen molar-refractivity contribution in [1.82, 2.24) is 4.98 Å². The van der Waals surface area contributed by atoms with Crippen LogP contribution in [0.1, 0.15) is 15.2 Å². The minimum atomic E-state index is -0.324. The van der Waals surface area contributed by atoms with Gasteiger partial charge in [-0.2, -0.15) is 0 Å². The molecule has 3 N–H and O–H groups in total. The van der Waals surface area contributed by atoms with Crippen LogP contribution in [0, 0.1) is 5.82 Å². The van der Waals surface area contributed by atoms with Crippen LogP contribution in [0.2, 0.25) is 0 Å². The molecule has 0 saturated heterocycles. The molecule has 0 aliphatic heterocycles. The summed E-state index contributed by atoms with van der Waals surface area (Å²) in [6, 6.07) is 12.6. The van der Waals surface area contributed by atoms with E-state index in [2.05, 4.69) is 10.3 Å². The summed E-state index contributed by atoms with van der Waals surface area (Å²) < 4.78 is 18.0. The predicted molar refractivity (Wildman–Crippen MR) is 92.6 cm³/mol. The Morgan fingerprint density at radius 1 is 1.17 bits per heavy atom. The van der Waals surface area contributed by atoms with Gasteiger partial charge >= 0.3 is 0 Å². The monoisotopic (exact) mass is 343 g/mol. The van der Waals surface area contributed by atoms with Crippen molar-refractivity contribution in [1.29, 1.82) is 0 Å². The zero-order valence-electron chi connectivity index (χ0n) is 12.7. The highest BCUT2D eigenvalue weighted by atomic mass is 32.1. The molecule has 0 fully saturated rings. The minimum Gasteiger partial charge on any atom is -0.497 e. The number of carbonyl (C=O) groups excluding carboxylic acids is 1. The molecule has 0 bridgehead atoms. The number of nitrogens with one attached hydrogen (secondary N) is 1. The molecule has 0 amide bonds. The number of nitrogens with two attached hydrogens (primary N) is 1. The van der Waals surface area contributed by atoms with Crippen molar-refractivity contribution in [2.75, 3.05) is 18.2 Å². The molecule has 3 rings (SSSR count). The largest absolute Gasteiger partial charge is 0.497 e.